The molecule has 2 amide bonds. The van der Waals surface area contributed by atoms with E-state index in [9.17, 15) is 9.59 Å². The summed E-state index contributed by atoms with van der Waals surface area (Å²) < 4.78 is 1.18. The zero-order valence-corrected chi connectivity index (χ0v) is 9.09. The van der Waals surface area contributed by atoms with Crippen LogP contribution < -0.4 is 0 Å². The summed E-state index contributed by atoms with van der Waals surface area (Å²) >= 11 is 3.39. The highest BCUT2D eigenvalue weighted by Gasteiger charge is 2.37. The Bertz CT molecular complexity index is 289. The fourth-order valence-electron chi connectivity index (χ4n) is 1.35. The van der Waals surface area contributed by atoms with E-state index in [2.05, 4.69) is 0 Å². The maximum Gasteiger partial charge on any atom is 0.262 e. The molecule has 5 heteroatoms. The number of thioether (sulfide) groups is 1. The summed E-state index contributed by atoms with van der Waals surface area (Å²) in [5.41, 5.74) is 0. The third kappa shape index (κ3) is 1.19. The van der Waals surface area contributed by atoms with Gasteiger partial charge in [-0.3, -0.25) is 9.59 Å². The van der Waals surface area contributed by atoms with Crippen LogP contribution in [0.5, 0.6) is 0 Å². The number of halogens is 1. The SMILES string of the molecule is O=C1C=C2SCCC2C(=O)N1I. The van der Waals surface area contributed by atoms with Crippen molar-refractivity contribution >= 4 is 46.4 Å². The van der Waals surface area contributed by atoms with E-state index in [0.29, 0.717) is 0 Å². The molecule has 2 aliphatic heterocycles. The zero-order chi connectivity index (χ0) is 8.72. The molecule has 1 saturated heterocycles. The van der Waals surface area contributed by atoms with Crippen molar-refractivity contribution in [1.29, 1.82) is 0 Å². The molecule has 2 heterocycles. The van der Waals surface area contributed by atoms with E-state index in [4.69, 9.17) is 0 Å². The quantitative estimate of drug-likeness (QED) is 0.384. The summed E-state index contributed by atoms with van der Waals surface area (Å²) in [6.45, 7) is 0. The number of imide groups is 1. The highest BCUT2D eigenvalue weighted by atomic mass is 127. The van der Waals surface area contributed by atoms with Crippen LogP contribution >= 0.6 is 34.6 Å². The van der Waals surface area contributed by atoms with Gasteiger partial charge in [-0.05, 0) is 12.2 Å². The molecule has 1 atom stereocenters. The Balaban J connectivity index is 2.38. The molecule has 1 fully saturated rings. The summed E-state index contributed by atoms with van der Waals surface area (Å²) in [6, 6.07) is 0. The van der Waals surface area contributed by atoms with Crippen molar-refractivity contribution in [2.45, 2.75) is 6.42 Å². The molecule has 64 valence electrons. The number of carbonyl (C=O) groups excluding carboxylic acids is 2. The van der Waals surface area contributed by atoms with Crippen LogP contribution in [0, 0.1) is 5.92 Å². The first-order valence-corrected chi connectivity index (χ1v) is 5.53. The van der Waals surface area contributed by atoms with Crippen molar-refractivity contribution in [3.63, 3.8) is 0 Å². The normalized spacial score (nSPS) is 28.9. The number of rotatable bonds is 0. The number of hydrogen-bond acceptors (Lipinski definition) is 3. The molecule has 1 unspecified atom stereocenters. The van der Waals surface area contributed by atoms with Crippen LogP contribution in [0.4, 0.5) is 0 Å². The van der Waals surface area contributed by atoms with E-state index >= 15 is 0 Å². The average Bonchev–Trinajstić information content (AvgIpc) is 2.48. The lowest BCUT2D eigenvalue weighted by Gasteiger charge is -2.21. The standard InChI is InChI=1S/C7H6INO2S/c8-9-6(10)3-5-4(7(9)11)1-2-12-5/h3-4H,1-2H2. The number of hydrogen-bond donors (Lipinski definition) is 0. The second-order valence-corrected chi connectivity index (χ2v) is 4.83. The second kappa shape index (κ2) is 3.02. The van der Waals surface area contributed by atoms with Gasteiger partial charge in [0.2, 0.25) is 5.91 Å². The Hall–Kier alpha value is -0.0400. The van der Waals surface area contributed by atoms with Gasteiger partial charge >= 0.3 is 0 Å². The van der Waals surface area contributed by atoms with Gasteiger partial charge in [-0.1, -0.05) is 0 Å². The molecule has 12 heavy (non-hydrogen) atoms. The molecule has 0 bridgehead atoms. The lowest BCUT2D eigenvalue weighted by atomic mass is 10.0. The molecule has 0 radical (unpaired) electrons. The fourth-order valence-corrected chi connectivity index (χ4v) is 3.02. The molecule has 2 rings (SSSR count). The topological polar surface area (TPSA) is 37.4 Å². The van der Waals surface area contributed by atoms with Crippen LogP contribution in [0.25, 0.3) is 0 Å². The van der Waals surface area contributed by atoms with E-state index in [1.807, 2.05) is 0 Å². The molecule has 0 aliphatic carbocycles. The van der Waals surface area contributed by atoms with E-state index < -0.39 is 0 Å². The molecule has 0 aromatic carbocycles. The van der Waals surface area contributed by atoms with Crippen molar-refractivity contribution in [1.82, 2.24) is 3.11 Å². The minimum atomic E-state index is -0.193. The summed E-state index contributed by atoms with van der Waals surface area (Å²) in [7, 11) is 0. The van der Waals surface area contributed by atoms with Gasteiger partial charge in [-0.2, -0.15) is 0 Å². The maximum atomic E-state index is 11.5. The van der Waals surface area contributed by atoms with Crippen molar-refractivity contribution in [2.75, 3.05) is 5.75 Å². The minimum absolute atomic E-state index is 0.0235. The molecule has 0 aromatic rings. The second-order valence-electron chi connectivity index (χ2n) is 2.69. The number of amides is 2. The van der Waals surface area contributed by atoms with Crippen molar-refractivity contribution in [2.24, 2.45) is 5.92 Å². The number of carbonyl (C=O) groups is 2. The zero-order valence-electron chi connectivity index (χ0n) is 6.12. The smallest absolute Gasteiger partial charge is 0.262 e. The summed E-state index contributed by atoms with van der Waals surface area (Å²) in [5, 5.41) is 0. The van der Waals surface area contributed by atoms with E-state index in [1.165, 1.54) is 3.11 Å². The first kappa shape index (κ1) is 8.55. The van der Waals surface area contributed by atoms with Gasteiger partial charge in [0.05, 0.1) is 28.8 Å². The van der Waals surface area contributed by atoms with Gasteiger partial charge in [-0.15, -0.1) is 11.8 Å². The van der Waals surface area contributed by atoms with Crippen LogP contribution in [0.3, 0.4) is 0 Å². The number of nitrogens with zero attached hydrogens (tertiary/aromatic N) is 1. The maximum absolute atomic E-state index is 11.5. The number of fused-ring (bicyclic) bond motifs is 1. The van der Waals surface area contributed by atoms with Crippen molar-refractivity contribution < 1.29 is 9.59 Å². The van der Waals surface area contributed by atoms with E-state index in [0.717, 1.165) is 17.1 Å². The lowest BCUT2D eigenvalue weighted by Crippen LogP contribution is -2.35. The molecule has 0 aromatic heterocycles. The van der Waals surface area contributed by atoms with Gasteiger partial charge in [0.25, 0.3) is 5.91 Å². The Morgan fingerprint density at radius 3 is 3.08 bits per heavy atom. The first-order chi connectivity index (χ1) is 5.70. The third-order valence-corrected chi connectivity index (χ3v) is 4.10. The average molecular weight is 295 g/mol. The molecule has 0 N–H and O–H groups in total. The van der Waals surface area contributed by atoms with Crippen molar-refractivity contribution in [3.05, 3.63) is 11.0 Å². The summed E-state index contributed by atoms with van der Waals surface area (Å²) in [5.74, 6) is 0.689. The Labute approximate surface area is 88.1 Å². The summed E-state index contributed by atoms with van der Waals surface area (Å²) in [6.07, 6.45) is 2.46. The van der Waals surface area contributed by atoms with E-state index in [-0.39, 0.29) is 17.7 Å². The van der Waals surface area contributed by atoms with Crippen molar-refractivity contribution in [3.8, 4) is 0 Å². The largest absolute Gasteiger partial charge is 0.273 e. The molecular formula is C7H6INO2S. The van der Waals surface area contributed by atoms with Gasteiger partial charge in [0.1, 0.15) is 0 Å². The summed E-state index contributed by atoms with van der Waals surface area (Å²) in [4.78, 5) is 23.6. The first-order valence-electron chi connectivity index (χ1n) is 3.58. The van der Waals surface area contributed by atoms with Gasteiger partial charge in [0, 0.05) is 11.0 Å². The molecule has 0 saturated carbocycles. The predicted octanol–water partition coefficient (Wildman–Crippen LogP) is 1.34. The van der Waals surface area contributed by atoms with Gasteiger partial charge in [-0.25, -0.2) is 3.11 Å². The van der Waals surface area contributed by atoms with Crippen LogP contribution in [0.15, 0.2) is 11.0 Å². The van der Waals surface area contributed by atoms with Gasteiger partial charge < -0.3 is 0 Å². The predicted molar refractivity (Wildman–Crippen MR) is 54.5 cm³/mol. The molecule has 2 aliphatic rings. The van der Waals surface area contributed by atoms with Gasteiger partial charge in [0.15, 0.2) is 0 Å². The Kier molecular flexibility index (Phi) is 2.16. The van der Waals surface area contributed by atoms with Crippen LogP contribution in [-0.2, 0) is 9.59 Å². The van der Waals surface area contributed by atoms with Crippen LogP contribution in [0.2, 0.25) is 0 Å². The minimum Gasteiger partial charge on any atom is -0.273 e. The highest BCUT2D eigenvalue weighted by molar-refractivity contribution is 14.1. The Morgan fingerprint density at radius 2 is 2.33 bits per heavy atom. The molecule has 0 spiro atoms. The highest BCUT2D eigenvalue weighted by Crippen LogP contribution is 2.40. The molecular weight excluding hydrogens is 289 g/mol. The van der Waals surface area contributed by atoms with Crippen LogP contribution in [0.1, 0.15) is 6.42 Å². The fraction of sp³-hybridized carbons (Fsp3) is 0.429. The van der Waals surface area contributed by atoms with E-state index in [1.54, 1.807) is 40.7 Å². The third-order valence-electron chi connectivity index (χ3n) is 1.97. The lowest BCUT2D eigenvalue weighted by molar-refractivity contribution is -0.136. The monoisotopic (exact) mass is 295 g/mol. The Morgan fingerprint density at radius 1 is 1.58 bits per heavy atom. The molecule has 3 nitrogen and oxygen atoms in total. The van der Waals surface area contributed by atoms with Crippen LogP contribution in [-0.4, -0.2) is 20.7 Å².